The second-order valence-corrected chi connectivity index (χ2v) is 9.99. The number of aromatic nitrogens is 2. The zero-order valence-corrected chi connectivity index (χ0v) is 22.4. The van der Waals surface area contributed by atoms with Gasteiger partial charge in [-0.25, -0.2) is 9.78 Å². The average molecular weight is 532 g/mol. The molecule has 1 unspecified atom stereocenters. The van der Waals surface area contributed by atoms with E-state index in [1.165, 1.54) is 7.11 Å². The highest BCUT2D eigenvalue weighted by Gasteiger charge is 2.44. The van der Waals surface area contributed by atoms with Crippen LogP contribution in [-0.4, -0.2) is 71.5 Å². The zero-order valence-electron chi connectivity index (χ0n) is 22.4. The first kappa shape index (κ1) is 28.0. The van der Waals surface area contributed by atoms with Crippen LogP contribution in [0.5, 0.6) is 0 Å². The maximum absolute atomic E-state index is 13.3. The lowest BCUT2D eigenvalue weighted by Gasteiger charge is -2.41. The number of ether oxygens (including phenoxy) is 1. The second-order valence-electron chi connectivity index (χ2n) is 9.99. The summed E-state index contributed by atoms with van der Waals surface area (Å²) in [6.45, 7) is 2.13. The van der Waals surface area contributed by atoms with E-state index in [4.69, 9.17) is 4.74 Å². The van der Waals surface area contributed by atoms with Gasteiger partial charge < -0.3 is 25.3 Å². The Morgan fingerprint density at radius 2 is 1.72 bits per heavy atom. The first-order valence-corrected chi connectivity index (χ1v) is 13.4. The summed E-state index contributed by atoms with van der Waals surface area (Å²) >= 11 is 0. The predicted octanol–water partition coefficient (Wildman–Crippen LogP) is 2.61. The minimum absolute atomic E-state index is 0.0419. The summed E-state index contributed by atoms with van der Waals surface area (Å²) in [5, 5.41) is 6.06. The van der Waals surface area contributed by atoms with Crippen LogP contribution in [0.2, 0.25) is 0 Å². The first-order chi connectivity index (χ1) is 19.0. The first-order valence-electron chi connectivity index (χ1n) is 13.4. The molecule has 9 heteroatoms. The molecule has 1 atom stereocenters. The van der Waals surface area contributed by atoms with Gasteiger partial charge in [0.15, 0.2) is 0 Å². The molecule has 2 heterocycles. The number of aromatic amines is 1. The summed E-state index contributed by atoms with van der Waals surface area (Å²) in [5.41, 5.74) is 1.92. The standard InChI is InChI=1S/C30H37N5O4/c1-39-29(38)30(34-27(36)13-12-23-8-4-2-5-9-23)15-18-35(19-16-30)21-26(24-10-6-3-7-11-24)28(37)32-17-14-25-20-31-22-33-25/h2-11,20,22,26H,12-19,21H2,1H3,(H,31,33)(H,32,37)(H,34,36). The monoisotopic (exact) mass is 531 g/mol. The fourth-order valence-corrected chi connectivity index (χ4v) is 5.07. The number of aryl methyl sites for hydroxylation is 1. The van der Waals surface area contributed by atoms with Gasteiger partial charge >= 0.3 is 5.97 Å². The maximum atomic E-state index is 13.3. The summed E-state index contributed by atoms with van der Waals surface area (Å²) in [7, 11) is 1.35. The molecule has 3 aromatic rings. The highest BCUT2D eigenvalue weighted by atomic mass is 16.5. The molecule has 1 aliphatic heterocycles. The molecular formula is C30H37N5O4. The van der Waals surface area contributed by atoms with Crippen LogP contribution in [0, 0.1) is 0 Å². The normalized spacial score (nSPS) is 15.7. The predicted molar refractivity (Wildman–Crippen MR) is 148 cm³/mol. The molecule has 2 amide bonds. The number of rotatable bonds is 12. The number of benzene rings is 2. The number of hydrogen-bond acceptors (Lipinski definition) is 6. The van der Waals surface area contributed by atoms with E-state index in [1.54, 1.807) is 12.5 Å². The zero-order chi connectivity index (χ0) is 27.5. The molecule has 206 valence electrons. The van der Waals surface area contributed by atoms with Crippen molar-refractivity contribution in [3.05, 3.63) is 90.0 Å². The van der Waals surface area contributed by atoms with Gasteiger partial charge in [-0.1, -0.05) is 60.7 Å². The van der Waals surface area contributed by atoms with Crippen LogP contribution in [0.3, 0.4) is 0 Å². The third kappa shape index (κ3) is 7.77. The SMILES string of the molecule is COC(=O)C1(NC(=O)CCc2ccccc2)CCN(CC(C(=O)NCCc2cnc[nH]2)c2ccccc2)CC1. The summed E-state index contributed by atoms with van der Waals surface area (Å²) in [4.78, 5) is 48.2. The number of piperidine rings is 1. The van der Waals surface area contributed by atoms with Crippen molar-refractivity contribution >= 4 is 17.8 Å². The summed E-state index contributed by atoms with van der Waals surface area (Å²) < 4.78 is 5.11. The molecule has 1 saturated heterocycles. The number of hydrogen-bond donors (Lipinski definition) is 3. The van der Waals surface area contributed by atoms with Crippen LogP contribution >= 0.6 is 0 Å². The molecule has 0 spiro atoms. The largest absolute Gasteiger partial charge is 0.467 e. The molecule has 0 aliphatic carbocycles. The van der Waals surface area contributed by atoms with Crippen molar-refractivity contribution in [3.63, 3.8) is 0 Å². The Morgan fingerprint density at radius 3 is 2.36 bits per heavy atom. The van der Waals surface area contributed by atoms with Crippen molar-refractivity contribution in [3.8, 4) is 0 Å². The Kier molecular flexibility index (Phi) is 9.85. The topological polar surface area (TPSA) is 116 Å². The van der Waals surface area contributed by atoms with Gasteiger partial charge in [0.1, 0.15) is 5.54 Å². The van der Waals surface area contributed by atoms with E-state index >= 15 is 0 Å². The van der Waals surface area contributed by atoms with Gasteiger partial charge in [0.25, 0.3) is 0 Å². The van der Waals surface area contributed by atoms with Gasteiger partial charge in [-0.2, -0.15) is 0 Å². The van der Waals surface area contributed by atoms with E-state index < -0.39 is 11.5 Å². The Balaban J connectivity index is 1.36. The molecule has 0 bridgehead atoms. The lowest BCUT2D eigenvalue weighted by atomic mass is 9.86. The number of carbonyl (C=O) groups is 3. The quantitative estimate of drug-likeness (QED) is 0.310. The maximum Gasteiger partial charge on any atom is 0.331 e. The molecule has 4 rings (SSSR count). The highest BCUT2D eigenvalue weighted by molar-refractivity contribution is 5.88. The smallest absolute Gasteiger partial charge is 0.331 e. The molecule has 1 aliphatic rings. The van der Waals surface area contributed by atoms with Crippen molar-refractivity contribution in [2.24, 2.45) is 0 Å². The molecule has 9 nitrogen and oxygen atoms in total. The number of H-pyrrole nitrogens is 1. The van der Waals surface area contributed by atoms with Crippen LogP contribution in [0.4, 0.5) is 0 Å². The van der Waals surface area contributed by atoms with Crippen molar-refractivity contribution in [2.75, 3.05) is 33.3 Å². The number of methoxy groups -OCH3 is 1. The number of amides is 2. The molecule has 0 saturated carbocycles. The molecule has 1 aromatic heterocycles. The van der Waals surface area contributed by atoms with Crippen LogP contribution in [0.15, 0.2) is 73.2 Å². The van der Waals surface area contributed by atoms with E-state index in [0.29, 0.717) is 58.3 Å². The van der Waals surface area contributed by atoms with Crippen molar-refractivity contribution in [1.82, 2.24) is 25.5 Å². The Hall–Kier alpha value is -3.98. The average Bonchev–Trinajstić information content (AvgIpc) is 3.50. The van der Waals surface area contributed by atoms with Crippen molar-refractivity contribution in [2.45, 2.75) is 43.6 Å². The Bertz CT molecular complexity index is 1190. The molecule has 0 radical (unpaired) electrons. The van der Waals surface area contributed by atoms with E-state index in [0.717, 1.165) is 16.8 Å². The fraction of sp³-hybridized carbons (Fsp3) is 0.400. The summed E-state index contributed by atoms with van der Waals surface area (Å²) in [6, 6.07) is 19.5. The summed E-state index contributed by atoms with van der Waals surface area (Å²) in [6.07, 6.45) is 5.77. The van der Waals surface area contributed by atoms with E-state index in [-0.39, 0.29) is 17.7 Å². The van der Waals surface area contributed by atoms with Crippen LogP contribution < -0.4 is 10.6 Å². The van der Waals surface area contributed by atoms with E-state index in [9.17, 15) is 14.4 Å². The minimum Gasteiger partial charge on any atom is -0.467 e. The van der Waals surface area contributed by atoms with Gasteiger partial charge in [-0.15, -0.1) is 0 Å². The van der Waals surface area contributed by atoms with Gasteiger partial charge in [-0.05, 0) is 30.4 Å². The summed E-state index contributed by atoms with van der Waals surface area (Å²) in [5.74, 6) is -0.998. The Morgan fingerprint density at radius 1 is 1.03 bits per heavy atom. The van der Waals surface area contributed by atoms with Crippen molar-refractivity contribution in [1.29, 1.82) is 0 Å². The minimum atomic E-state index is -1.06. The van der Waals surface area contributed by atoms with Crippen molar-refractivity contribution < 1.29 is 19.1 Å². The van der Waals surface area contributed by atoms with Gasteiger partial charge in [0.05, 0.1) is 19.4 Å². The number of nitrogens with zero attached hydrogens (tertiary/aromatic N) is 2. The number of carbonyl (C=O) groups excluding carboxylic acids is 3. The third-order valence-electron chi connectivity index (χ3n) is 7.36. The van der Waals surface area contributed by atoms with Gasteiger partial charge in [-0.3, -0.25) is 9.59 Å². The number of imidazole rings is 1. The number of likely N-dealkylation sites (tertiary alicyclic amines) is 1. The lowest BCUT2D eigenvalue weighted by molar-refractivity contribution is -0.153. The lowest BCUT2D eigenvalue weighted by Crippen LogP contribution is -2.60. The van der Waals surface area contributed by atoms with E-state index in [1.807, 2.05) is 60.7 Å². The van der Waals surface area contributed by atoms with Gasteiger partial charge in [0, 0.05) is 50.9 Å². The Labute approximate surface area is 229 Å². The second kappa shape index (κ2) is 13.7. The molecule has 3 N–H and O–H groups in total. The molecular weight excluding hydrogens is 494 g/mol. The number of esters is 1. The fourth-order valence-electron chi connectivity index (χ4n) is 5.07. The van der Waals surface area contributed by atoms with E-state index in [2.05, 4.69) is 25.5 Å². The number of nitrogens with one attached hydrogen (secondary N) is 3. The molecule has 39 heavy (non-hydrogen) atoms. The molecule has 2 aromatic carbocycles. The van der Waals surface area contributed by atoms with Gasteiger partial charge in [0.2, 0.25) is 11.8 Å². The third-order valence-corrected chi connectivity index (χ3v) is 7.36. The van der Waals surface area contributed by atoms with Crippen LogP contribution in [0.25, 0.3) is 0 Å². The highest BCUT2D eigenvalue weighted by Crippen LogP contribution is 2.27. The van der Waals surface area contributed by atoms with Crippen LogP contribution in [0.1, 0.15) is 42.0 Å². The molecule has 1 fully saturated rings. The van der Waals surface area contributed by atoms with Crippen LogP contribution in [-0.2, 0) is 32.0 Å².